The highest BCUT2D eigenvalue weighted by molar-refractivity contribution is 5.74. The van der Waals surface area contributed by atoms with Gasteiger partial charge in [0.2, 0.25) is 17.7 Å². The number of carbonyl (C=O) groups excluding carboxylic acids is 3. The second-order valence-electron chi connectivity index (χ2n) is 21.9. The summed E-state index contributed by atoms with van der Waals surface area (Å²) >= 11 is 0. The normalized spacial score (nSPS) is 49.4. The van der Waals surface area contributed by atoms with Crippen LogP contribution in [0.4, 0.5) is 0 Å². The van der Waals surface area contributed by atoms with Gasteiger partial charge in [0.15, 0.2) is 44.0 Å². The molecule has 0 aromatic rings. The van der Waals surface area contributed by atoms with Gasteiger partial charge in [0, 0.05) is 20.8 Å². The molecule has 7 rings (SSSR count). The van der Waals surface area contributed by atoms with Gasteiger partial charge < -0.3 is 175 Å². The third-order valence-corrected chi connectivity index (χ3v) is 15.7. The number of carbonyl (C=O) groups is 3. The number of amides is 3. The molecule has 0 unspecified atom stereocenters. The van der Waals surface area contributed by atoms with Crippen LogP contribution in [0.1, 0.15) is 27.7 Å². The van der Waals surface area contributed by atoms with E-state index >= 15 is 0 Å². The molecule has 7 aliphatic heterocycles. The van der Waals surface area contributed by atoms with E-state index in [4.69, 9.17) is 61.6 Å². The maximum Gasteiger partial charge on any atom is 0.217 e. The summed E-state index contributed by atoms with van der Waals surface area (Å²) in [5.74, 6) is -2.37. The molecule has 22 N–H and O–H groups in total. The summed E-state index contributed by atoms with van der Waals surface area (Å²) in [7, 11) is 0. The van der Waals surface area contributed by atoms with Crippen molar-refractivity contribution in [2.45, 2.75) is 242 Å². The van der Waals surface area contributed by atoms with Gasteiger partial charge in [-0.05, 0) is 6.92 Å². The Morgan fingerprint density at radius 1 is 0.326 bits per heavy atom. The first-order chi connectivity index (χ1) is 40.5. The lowest BCUT2D eigenvalue weighted by Crippen LogP contribution is -2.70. The van der Waals surface area contributed by atoms with Crippen LogP contribution in [0.3, 0.4) is 0 Å². The van der Waals surface area contributed by atoms with Crippen molar-refractivity contribution in [1.82, 2.24) is 16.0 Å². The molecule has 0 radical (unpaired) electrons. The van der Waals surface area contributed by atoms with Crippen LogP contribution in [0.5, 0.6) is 0 Å². The third kappa shape index (κ3) is 15.7. The molecule has 0 aliphatic carbocycles. The first kappa shape index (κ1) is 70.6. The van der Waals surface area contributed by atoms with E-state index < -0.39 is 272 Å². The average Bonchev–Trinajstić information content (AvgIpc) is 1.03. The molecule has 0 aromatic carbocycles. The van der Waals surface area contributed by atoms with Gasteiger partial charge in [-0.1, -0.05) is 0 Å². The molecule has 498 valence electrons. The summed E-state index contributed by atoms with van der Waals surface area (Å²) in [5, 5.41) is 213. The van der Waals surface area contributed by atoms with Gasteiger partial charge in [-0.15, -0.1) is 0 Å². The average molecular weight is 1260 g/mol. The lowest BCUT2D eigenvalue weighted by molar-refractivity contribution is -0.384. The number of aliphatic hydroxyl groups is 19. The SMILES string of the molecule is CC(=O)N[C@@H]1[C@@H](O)[C@H](O[C@@H]2O[C@H](CO)[C@@H](O[C@@H]3O[C@H](CO[C@H]4O[C@H](CO[C@@H]5O[C@H](CO)[C@@H](O)[C@H](O)[C@H]5NC(C)=O)[C@@H](O)[C@H](O)[C@@H]4O)[C@@H](O)[C@H](O[C@H]4O[C@H](CO)[C@@H](O)[C@H](O)[C@@H]4O)[C@@H]3O)[C@H](O)[C@H]2NC(C)=O)[C@@H](CO[C@@H]2O[C@@H](C)[C@@H](O)[C@@H](O)[C@@H]2O)O[C@H]1O. The fourth-order valence-electron chi connectivity index (χ4n) is 10.8. The summed E-state index contributed by atoms with van der Waals surface area (Å²) in [6.07, 6.45) is -60.3. The van der Waals surface area contributed by atoms with Crippen molar-refractivity contribution in [3.05, 3.63) is 0 Å². The van der Waals surface area contributed by atoms with E-state index in [1.54, 1.807) is 0 Å². The predicted molar refractivity (Wildman–Crippen MR) is 265 cm³/mol. The van der Waals surface area contributed by atoms with Crippen molar-refractivity contribution in [2.75, 3.05) is 39.6 Å². The Kier molecular flexibility index (Phi) is 25.0. The second-order valence-corrected chi connectivity index (χ2v) is 21.9. The number of rotatable bonds is 21. The van der Waals surface area contributed by atoms with E-state index in [0.717, 1.165) is 20.8 Å². The summed E-state index contributed by atoms with van der Waals surface area (Å²) in [4.78, 5) is 37.0. The smallest absolute Gasteiger partial charge is 0.217 e. The molecule has 7 fully saturated rings. The molecule has 0 bridgehead atoms. The van der Waals surface area contributed by atoms with Gasteiger partial charge in [0.05, 0.1) is 45.7 Å². The molecule has 3 amide bonds. The van der Waals surface area contributed by atoms with Crippen LogP contribution in [0.2, 0.25) is 0 Å². The molecule has 38 nitrogen and oxygen atoms in total. The maximum atomic E-state index is 12.8. The van der Waals surface area contributed by atoms with E-state index in [2.05, 4.69) is 16.0 Å². The van der Waals surface area contributed by atoms with Gasteiger partial charge >= 0.3 is 0 Å². The van der Waals surface area contributed by atoms with Gasteiger partial charge in [0.1, 0.15) is 165 Å². The zero-order chi connectivity index (χ0) is 63.5. The van der Waals surface area contributed by atoms with Gasteiger partial charge in [-0.3, -0.25) is 14.4 Å². The minimum absolute atomic E-state index is 0.706. The Labute approximate surface area is 488 Å². The van der Waals surface area contributed by atoms with Crippen molar-refractivity contribution in [3.63, 3.8) is 0 Å². The Hall–Kier alpha value is -2.87. The van der Waals surface area contributed by atoms with Crippen molar-refractivity contribution in [1.29, 1.82) is 0 Å². The van der Waals surface area contributed by atoms with E-state index in [9.17, 15) is 111 Å². The summed E-state index contributed by atoms with van der Waals surface area (Å²) < 4.78 is 75.0. The van der Waals surface area contributed by atoms with E-state index in [1.807, 2.05) is 0 Å². The van der Waals surface area contributed by atoms with Crippen LogP contribution in [0, 0.1) is 0 Å². The fraction of sp³-hybridized carbons (Fsp3) is 0.938. The van der Waals surface area contributed by atoms with Crippen LogP contribution >= 0.6 is 0 Å². The Morgan fingerprint density at radius 2 is 0.686 bits per heavy atom. The lowest BCUT2D eigenvalue weighted by Gasteiger charge is -2.50. The fourth-order valence-corrected chi connectivity index (χ4v) is 10.8. The number of ether oxygens (including phenoxy) is 13. The van der Waals surface area contributed by atoms with Crippen LogP contribution in [0.15, 0.2) is 0 Å². The van der Waals surface area contributed by atoms with Crippen LogP contribution in [-0.4, -0.2) is 369 Å². The highest BCUT2D eigenvalue weighted by Gasteiger charge is 2.57. The maximum absolute atomic E-state index is 12.8. The van der Waals surface area contributed by atoms with Gasteiger partial charge in [0.25, 0.3) is 0 Å². The Morgan fingerprint density at radius 3 is 1.24 bits per heavy atom. The number of hydrogen-bond acceptors (Lipinski definition) is 35. The highest BCUT2D eigenvalue weighted by atomic mass is 16.8. The van der Waals surface area contributed by atoms with Crippen molar-refractivity contribution in [2.24, 2.45) is 0 Å². The zero-order valence-corrected chi connectivity index (χ0v) is 46.5. The lowest BCUT2D eigenvalue weighted by atomic mass is 9.94. The summed E-state index contributed by atoms with van der Waals surface area (Å²) in [6, 6.07) is -4.97. The van der Waals surface area contributed by atoms with Crippen LogP contribution in [0.25, 0.3) is 0 Å². The highest BCUT2D eigenvalue weighted by Crippen LogP contribution is 2.36. The number of nitrogens with one attached hydrogen (secondary N) is 3. The summed E-state index contributed by atoms with van der Waals surface area (Å²) in [5.41, 5.74) is 0. The van der Waals surface area contributed by atoms with Gasteiger partial charge in [-0.2, -0.15) is 0 Å². The summed E-state index contributed by atoms with van der Waals surface area (Å²) in [6.45, 7) is -0.980. The topological polar surface area (TPSA) is 592 Å². The Bertz CT molecular complexity index is 2170. The molecule has 0 aromatic heterocycles. The minimum Gasteiger partial charge on any atom is -0.394 e. The van der Waals surface area contributed by atoms with E-state index in [1.165, 1.54) is 6.92 Å². The minimum atomic E-state index is -2.32. The number of hydrogen-bond donors (Lipinski definition) is 22. The molecule has 7 heterocycles. The van der Waals surface area contributed by atoms with Crippen molar-refractivity contribution < 1.29 is 173 Å². The molecular weight excluding hydrogens is 1180 g/mol. The molecule has 7 aliphatic rings. The second kappa shape index (κ2) is 30.5. The van der Waals surface area contributed by atoms with E-state index in [0.29, 0.717) is 0 Å². The molecule has 7 saturated heterocycles. The predicted octanol–water partition coefficient (Wildman–Crippen LogP) is -14.8. The van der Waals surface area contributed by atoms with Crippen LogP contribution < -0.4 is 16.0 Å². The molecule has 35 atom stereocenters. The van der Waals surface area contributed by atoms with Crippen molar-refractivity contribution in [3.8, 4) is 0 Å². The van der Waals surface area contributed by atoms with Gasteiger partial charge in [-0.25, -0.2) is 0 Å². The third-order valence-electron chi connectivity index (χ3n) is 15.7. The Balaban J connectivity index is 1.13. The zero-order valence-electron chi connectivity index (χ0n) is 46.5. The molecule has 0 saturated carbocycles. The molecule has 86 heavy (non-hydrogen) atoms. The largest absolute Gasteiger partial charge is 0.394 e. The van der Waals surface area contributed by atoms with Crippen LogP contribution in [-0.2, 0) is 76.0 Å². The molecular formula is C48H81N3O35. The van der Waals surface area contributed by atoms with Crippen molar-refractivity contribution >= 4 is 17.7 Å². The monoisotopic (exact) mass is 1260 g/mol. The van der Waals surface area contributed by atoms with E-state index in [-0.39, 0.29) is 0 Å². The first-order valence-electron chi connectivity index (χ1n) is 27.5. The molecule has 38 heteroatoms. The molecule has 0 spiro atoms. The number of aliphatic hydroxyl groups excluding tert-OH is 19. The standard InChI is InChI=1S/C48H81N3O35/c1-11-24(58)32(66)35(69)45(77-11)76-10-20-40(30(64)21(42(73)78-20)49-12(2)55)84-44-23(51-14(4)57)31(65)39(17(7-54)81-44)85-48-38(72)41(86-47-37(71)33(67)26(60)16(6-53)80-47)28(62)19(83-48)9-75-46-36(70)34(68)27(61)18(82-46)8-74-43-22(50-13(3)56)29(63)25(59)15(5-52)79-43/h11,15-48,52-54,58-73H,5-10H2,1-4H3,(H,49,55)(H,50,56)(H,51,57)/t11-,15+,16+,17+,18+,19+,20+,21+,22+,23+,24+,25+,26+,27+,28+,29+,30+,31+,32+,33-,34-,35-,36-,37-,38-,39+,40+,41-,42+,43+,44-,45+,46-,47+,48-/m0/s1. The quantitative estimate of drug-likeness (QED) is 0.0507. The first-order valence-corrected chi connectivity index (χ1v) is 27.5.